The molecule has 0 aromatic heterocycles. The van der Waals surface area contributed by atoms with Gasteiger partial charge in [0.2, 0.25) is 0 Å². The minimum atomic E-state index is -0.850. The van der Waals surface area contributed by atoms with Crippen LogP contribution in [-0.2, 0) is 9.57 Å². The monoisotopic (exact) mass is 187 g/mol. The Morgan fingerprint density at radius 1 is 1.69 bits per heavy atom. The lowest BCUT2D eigenvalue weighted by atomic mass is 9.88. The van der Waals surface area contributed by atoms with E-state index in [1.54, 1.807) is 12.1 Å². The van der Waals surface area contributed by atoms with Gasteiger partial charge in [0.1, 0.15) is 25.7 Å². The van der Waals surface area contributed by atoms with Crippen LogP contribution in [0.1, 0.15) is 0 Å². The fourth-order valence-electron chi connectivity index (χ4n) is 2.14. The Morgan fingerprint density at radius 2 is 2.38 bits per heavy atom. The third-order valence-electron chi connectivity index (χ3n) is 2.79. The zero-order valence-corrected chi connectivity index (χ0v) is 7.80. The summed E-state index contributed by atoms with van der Waals surface area (Å²) in [6.45, 7) is 0.216. The first-order valence-corrected chi connectivity index (χ1v) is 4.44. The summed E-state index contributed by atoms with van der Waals surface area (Å²) < 4.78 is 5.54. The normalized spacial score (nSPS) is 51.2. The van der Waals surface area contributed by atoms with Crippen LogP contribution in [0.25, 0.3) is 0 Å². The number of likely N-dealkylation sites (N-methyl/N-ethyl adjacent to an activating group) is 1. The number of nitrogens with zero attached hydrogens (tertiary/aromatic N) is 1. The van der Waals surface area contributed by atoms with E-state index in [2.05, 4.69) is 0 Å². The molecule has 2 aliphatic heterocycles. The van der Waals surface area contributed by atoms with Gasteiger partial charge in [0.25, 0.3) is 0 Å². The molecule has 2 rings (SSSR count). The van der Waals surface area contributed by atoms with Gasteiger partial charge in [0.15, 0.2) is 0 Å². The Labute approximate surface area is 77.6 Å². The maximum Gasteiger partial charge on any atom is 0.142 e. The summed E-state index contributed by atoms with van der Waals surface area (Å²) in [5.41, 5.74) is -0.850. The summed E-state index contributed by atoms with van der Waals surface area (Å²) in [5, 5.41) is 20.6. The minimum absolute atomic E-state index is 0.174. The lowest BCUT2D eigenvalue weighted by molar-refractivity contribution is -0.255. The molecule has 0 spiro atoms. The predicted molar refractivity (Wildman–Crippen MR) is 46.7 cm³/mol. The molecule has 6 heteroatoms. The molecular weight excluding hydrogens is 173 g/mol. The molecule has 2 heterocycles. The van der Waals surface area contributed by atoms with E-state index in [1.807, 2.05) is 7.85 Å². The number of aliphatic hydroxyl groups is 2. The second-order valence-electron chi connectivity index (χ2n) is 3.85. The first-order valence-electron chi connectivity index (χ1n) is 4.44. The predicted octanol–water partition coefficient (Wildman–Crippen LogP) is -2.69. The van der Waals surface area contributed by atoms with Gasteiger partial charge in [-0.15, -0.1) is 0 Å². The lowest BCUT2D eigenvalue weighted by Gasteiger charge is -2.38. The van der Waals surface area contributed by atoms with Gasteiger partial charge in [-0.25, -0.2) is 0 Å². The Hall–Kier alpha value is -0.135. The SMILES string of the molecule is B[C@@H]1O[C@@]2(CO)CN(C)OC1[C@H]2O. The third-order valence-corrected chi connectivity index (χ3v) is 2.79. The molecule has 74 valence electrons. The van der Waals surface area contributed by atoms with Crippen molar-refractivity contribution in [3.63, 3.8) is 0 Å². The summed E-state index contributed by atoms with van der Waals surface area (Å²) >= 11 is 0. The van der Waals surface area contributed by atoms with Crippen molar-refractivity contribution in [1.82, 2.24) is 5.06 Å². The van der Waals surface area contributed by atoms with Crippen LogP contribution >= 0.6 is 0 Å². The average Bonchev–Trinajstić information content (AvgIpc) is 2.26. The van der Waals surface area contributed by atoms with Crippen molar-refractivity contribution in [2.45, 2.75) is 23.8 Å². The summed E-state index contributed by atoms with van der Waals surface area (Å²) in [7, 11) is 3.61. The highest BCUT2D eigenvalue weighted by Crippen LogP contribution is 2.36. The van der Waals surface area contributed by atoms with Crippen LogP contribution in [0.2, 0.25) is 0 Å². The number of hydrogen-bond acceptors (Lipinski definition) is 5. The zero-order valence-electron chi connectivity index (χ0n) is 7.80. The van der Waals surface area contributed by atoms with Crippen LogP contribution in [0.5, 0.6) is 0 Å². The topological polar surface area (TPSA) is 62.2 Å². The van der Waals surface area contributed by atoms with Crippen LogP contribution in [0.4, 0.5) is 0 Å². The summed E-state index contributed by atoms with van der Waals surface area (Å²) in [6.07, 6.45) is -1.09. The second kappa shape index (κ2) is 2.93. The second-order valence-corrected chi connectivity index (χ2v) is 3.85. The van der Waals surface area contributed by atoms with E-state index < -0.39 is 11.7 Å². The quantitative estimate of drug-likeness (QED) is 0.438. The molecule has 0 aromatic carbocycles. The van der Waals surface area contributed by atoms with E-state index in [-0.39, 0.29) is 18.7 Å². The molecule has 0 aliphatic carbocycles. The highest BCUT2D eigenvalue weighted by atomic mass is 16.7. The standard InChI is InChI=1S/C7H14BNO4/c1-9-2-7(3-10)5(11)4(13-9)6(8)12-7/h4-6,10-11H,2-3,8H2,1H3/t4?,5-,6-,7-/m1/s1. The van der Waals surface area contributed by atoms with Gasteiger partial charge in [-0.3, -0.25) is 4.84 Å². The number of ether oxygens (including phenoxy) is 1. The maximum absolute atomic E-state index is 9.81. The van der Waals surface area contributed by atoms with Gasteiger partial charge in [-0.05, 0) is 0 Å². The van der Waals surface area contributed by atoms with Crippen LogP contribution < -0.4 is 0 Å². The molecule has 2 aliphatic rings. The van der Waals surface area contributed by atoms with Crippen molar-refractivity contribution >= 4 is 7.85 Å². The molecule has 2 N–H and O–H groups in total. The van der Waals surface area contributed by atoms with E-state index in [0.717, 1.165) is 0 Å². The van der Waals surface area contributed by atoms with Crippen molar-refractivity contribution in [2.75, 3.05) is 20.2 Å². The van der Waals surface area contributed by atoms with Gasteiger partial charge < -0.3 is 14.9 Å². The number of hydrogen-bond donors (Lipinski definition) is 2. The van der Waals surface area contributed by atoms with Crippen molar-refractivity contribution in [2.24, 2.45) is 0 Å². The molecule has 0 amide bonds. The van der Waals surface area contributed by atoms with E-state index in [9.17, 15) is 10.2 Å². The summed E-state index contributed by atoms with van der Waals surface area (Å²) in [6, 6.07) is -0.174. The number of aliphatic hydroxyl groups excluding tert-OH is 2. The van der Waals surface area contributed by atoms with Crippen molar-refractivity contribution in [3.8, 4) is 0 Å². The van der Waals surface area contributed by atoms with E-state index >= 15 is 0 Å². The lowest BCUT2D eigenvalue weighted by Crippen LogP contribution is -2.58. The van der Waals surface area contributed by atoms with Crippen LogP contribution in [0.15, 0.2) is 0 Å². The van der Waals surface area contributed by atoms with Crippen LogP contribution in [0.3, 0.4) is 0 Å². The fourth-order valence-corrected chi connectivity index (χ4v) is 2.14. The molecule has 2 bridgehead atoms. The summed E-state index contributed by atoms with van der Waals surface area (Å²) in [4.78, 5) is 5.38. The maximum atomic E-state index is 9.81. The van der Waals surface area contributed by atoms with E-state index in [0.29, 0.717) is 6.54 Å². The molecule has 0 saturated carbocycles. The van der Waals surface area contributed by atoms with Crippen LogP contribution in [0, 0.1) is 0 Å². The van der Waals surface area contributed by atoms with Crippen molar-refractivity contribution in [3.05, 3.63) is 0 Å². The van der Waals surface area contributed by atoms with E-state index in [1.165, 1.54) is 0 Å². The molecule has 2 saturated heterocycles. The zero-order chi connectivity index (χ0) is 9.64. The average molecular weight is 187 g/mol. The van der Waals surface area contributed by atoms with Gasteiger partial charge in [0, 0.05) is 7.05 Å². The molecule has 13 heavy (non-hydrogen) atoms. The Balaban J connectivity index is 2.26. The molecule has 1 unspecified atom stereocenters. The van der Waals surface area contributed by atoms with Crippen molar-refractivity contribution in [1.29, 1.82) is 0 Å². The highest BCUT2D eigenvalue weighted by Gasteiger charge is 2.57. The van der Waals surface area contributed by atoms with Gasteiger partial charge >= 0.3 is 0 Å². The van der Waals surface area contributed by atoms with Gasteiger partial charge in [0.05, 0.1) is 19.2 Å². The molecule has 4 atom stereocenters. The minimum Gasteiger partial charge on any atom is -0.393 e. The molecule has 5 nitrogen and oxygen atoms in total. The Bertz CT molecular complexity index is 213. The number of fused-ring (bicyclic) bond motifs is 2. The molecule has 0 radical (unpaired) electrons. The van der Waals surface area contributed by atoms with E-state index in [4.69, 9.17) is 9.57 Å². The number of hydroxylamine groups is 2. The smallest absolute Gasteiger partial charge is 0.142 e. The highest BCUT2D eigenvalue weighted by molar-refractivity contribution is 6.11. The Morgan fingerprint density at radius 3 is 3.00 bits per heavy atom. The van der Waals surface area contributed by atoms with Crippen molar-refractivity contribution < 1.29 is 19.8 Å². The largest absolute Gasteiger partial charge is 0.393 e. The van der Waals surface area contributed by atoms with Gasteiger partial charge in [-0.1, -0.05) is 0 Å². The van der Waals surface area contributed by atoms with Crippen LogP contribution in [-0.4, -0.2) is 67.1 Å². The summed E-state index contributed by atoms with van der Waals surface area (Å²) in [5.74, 6) is 0. The first kappa shape index (κ1) is 9.42. The molecule has 0 aromatic rings. The first-order chi connectivity index (χ1) is 6.09. The number of rotatable bonds is 1. The Kier molecular flexibility index (Phi) is 2.12. The molecule has 2 fully saturated rings. The third kappa shape index (κ3) is 1.21. The fraction of sp³-hybridized carbons (Fsp3) is 1.00. The molecular formula is C7H14BNO4. The van der Waals surface area contributed by atoms with Gasteiger partial charge in [-0.2, -0.15) is 5.06 Å².